The van der Waals surface area contributed by atoms with E-state index in [4.69, 9.17) is 0 Å². The van der Waals surface area contributed by atoms with Crippen molar-refractivity contribution >= 4 is 26.6 Å². The largest absolute Gasteiger partial charge is 0.347 e. The van der Waals surface area contributed by atoms with E-state index in [1.54, 1.807) is 6.07 Å². The van der Waals surface area contributed by atoms with Crippen LogP contribution in [0, 0.1) is 18.2 Å². The summed E-state index contributed by atoms with van der Waals surface area (Å²) in [5, 5.41) is 8.40. The van der Waals surface area contributed by atoms with Gasteiger partial charge in [0.25, 0.3) is 11.9 Å². The van der Waals surface area contributed by atoms with Crippen molar-refractivity contribution in [1.29, 1.82) is 0 Å². The Bertz CT molecular complexity index is 1330. The number of carbonyl (C=O) groups excluding carboxylic acids is 1. The van der Waals surface area contributed by atoms with Gasteiger partial charge in [0.15, 0.2) is 0 Å². The van der Waals surface area contributed by atoms with E-state index >= 15 is 0 Å². The maximum absolute atomic E-state index is 13.7. The summed E-state index contributed by atoms with van der Waals surface area (Å²) in [6.07, 6.45) is 8.94. The second kappa shape index (κ2) is 7.58. The molecule has 8 nitrogen and oxygen atoms in total. The minimum absolute atomic E-state index is 0.144. The molecule has 2 aromatic heterocycles. The van der Waals surface area contributed by atoms with Crippen molar-refractivity contribution in [2.45, 2.75) is 51.0 Å². The molecule has 3 aromatic rings. The second-order valence-electron chi connectivity index (χ2n) is 9.73. The molecule has 3 fully saturated rings. The van der Waals surface area contributed by atoms with E-state index in [0.29, 0.717) is 11.1 Å². The highest BCUT2D eigenvalue weighted by Crippen LogP contribution is 2.52. The molecule has 33 heavy (non-hydrogen) atoms. The van der Waals surface area contributed by atoms with E-state index in [1.807, 2.05) is 6.92 Å². The normalized spacial score (nSPS) is 24.8. The standard InChI is InChI=1S/C23H26FN5O3S/c1-15-18-4-3-17(24)11-19(18)29(28-15)21-25-12-16(13-26-21)20(30)27-23-8-5-22(6-9-23,7-10-23)14-33(2,31)32/h3-4,11-13H,5-10,14H2,1-2H3,(H,27,30). The van der Waals surface area contributed by atoms with Crippen LogP contribution < -0.4 is 5.32 Å². The maximum atomic E-state index is 13.7. The van der Waals surface area contributed by atoms with E-state index in [1.165, 1.54) is 35.5 Å². The number of fused-ring (bicyclic) bond motifs is 4. The molecule has 0 aliphatic heterocycles. The molecule has 3 saturated carbocycles. The third kappa shape index (κ3) is 4.12. The van der Waals surface area contributed by atoms with Crippen LogP contribution in [0.4, 0.5) is 4.39 Å². The van der Waals surface area contributed by atoms with E-state index in [9.17, 15) is 17.6 Å². The van der Waals surface area contributed by atoms with Crippen molar-refractivity contribution in [2.24, 2.45) is 5.41 Å². The zero-order chi connectivity index (χ0) is 23.4. The zero-order valence-electron chi connectivity index (χ0n) is 18.6. The van der Waals surface area contributed by atoms with Crippen LogP contribution in [-0.4, -0.2) is 51.6 Å². The number of carbonyl (C=O) groups is 1. The first-order valence-electron chi connectivity index (χ1n) is 11.0. The summed E-state index contributed by atoms with van der Waals surface area (Å²) in [4.78, 5) is 21.6. The first kappa shape index (κ1) is 21.9. The molecule has 2 heterocycles. The fourth-order valence-corrected chi connectivity index (χ4v) is 7.03. The van der Waals surface area contributed by atoms with Gasteiger partial charge in [0.05, 0.1) is 22.5 Å². The van der Waals surface area contributed by atoms with Gasteiger partial charge in [-0.1, -0.05) is 0 Å². The molecule has 0 unspecified atom stereocenters. The molecule has 10 heteroatoms. The monoisotopic (exact) mass is 471 g/mol. The van der Waals surface area contributed by atoms with Gasteiger partial charge < -0.3 is 5.32 Å². The summed E-state index contributed by atoms with van der Waals surface area (Å²) in [7, 11) is -3.03. The number of nitrogens with zero attached hydrogens (tertiary/aromatic N) is 4. The number of hydrogen-bond acceptors (Lipinski definition) is 6. The van der Waals surface area contributed by atoms with Crippen molar-refractivity contribution in [1.82, 2.24) is 25.1 Å². The van der Waals surface area contributed by atoms with Gasteiger partial charge in [0, 0.05) is 35.6 Å². The first-order valence-corrected chi connectivity index (χ1v) is 13.1. The van der Waals surface area contributed by atoms with Crippen molar-refractivity contribution in [3.63, 3.8) is 0 Å². The highest BCUT2D eigenvalue weighted by Gasteiger charge is 2.50. The molecule has 0 spiro atoms. The molecule has 0 saturated heterocycles. The molecule has 1 amide bonds. The van der Waals surface area contributed by atoms with Crippen LogP contribution in [0.25, 0.3) is 16.9 Å². The SMILES string of the molecule is Cc1nn(-c2ncc(C(=O)NC34CCC(CS(C)(=O)=O)(CC3)CC4)cn2)c2cc(F)ccc12. The van der Waals surface area contributed by atoms with Gasteiger partial charge in [0.1, 0.15) is 15.7 Å². The number of sulfone groups is 1. The van der Waals surface area contributed by atoms with Crippen LogP contribution in [0.2, 0.25) is 0 Å². The van der Waals surface area contributed by atoms with E-state index in [0.717, 1.165) is 49.6 Å². The fourth-order valence-electron chi connectivity index (χ4n) is 5.48. The second-order valence-corrected chi connectivity index (χ2v) is 11.9. The molecule has 1 aromatic carbocycles. The first-order chi connectivity index (χ1) is 15.6. The van der Waals surface area contributed by atoms with Crippen molar-refractivity contribution < 1.29 is 17.6 Å². The van der Waals surface area contributed by atoms with Gasteiger partial charge in [-0.2, -0.15) is 9.78 Å². The van der Waals surface area contributed by atoms with Gasteiger partial charge in [-0.25, -0.2) is 22.8 Å². The number of hydrogen-bond donors (Lipinski definition) is 1. The van der Waals surface area contributed by atoms with Crippen LogP contribution in [0.15, 0.2) is 30.6 Å². The van der Waals surface area contributed by atoms with Crippen LogP contribution in [-0.2, 0) is 9.84 Å². The Morgan fingerprint density at radius 2 is 1.76 bits per heavy atom. The van der Waals surface area contributed by atoms with Gasteiger partial charge in [-0.3, -0.25) is 4.79 Å². The number of amides is 1. The Balaban J connectivity index is 1.31. The lowest BCUT2D eigenvalue weighted by Gasteiger charge is -2.53. The average molecular weight is 472 g/mol. The Morgan fingerprint density at radius 1 is 1.12 bits per heavy atom. The number of nitrogens with one attached hydrogen (secondary N) is 1. The Kier molecular flexibility index (Phi) is 5.04. The summed E-state index contributed by atoms with van der Waals surface area (Å²) in [6, 6.07) is 4.44. The third-order valence-electron chi connectivity index (χ3n) is 7.27. The average Bonchev–Trinajstić information content (AvgIpc) is 3.09. The molecule has 1 N–H and O–H groups in total. The molecule has 0 radical (unpaired) electrons. The lowest BCUT2D eigenvalue weighted by Crippen LogP contribution is -2.57. The Labute approximate surface area is 191 Å². The minimum atomic E-state index is -3.03. The number of rotatable bonds is 5. The Morgan fingerprint density at radius 3 is 2.36 bits per heavy atom. The molecule has 174 valence electrons. The molecular weight excluding hydrogens is 445 g/mol. The predicted molar refractivity (Wildman–Crippen MR) is 121 cm³/mol. The Hall–Kier alpha value is -2.88. The maximum Gasteiger partial charge on any atom is 0.254 e. The van der Waals surface area contributed by atoms with Gasteiger partial charge in [-0.05, 0) is 63.0 Å². The lowest BCUT2D eigenvalue weighted by molar-refractivity contribution is 0.0357. The molecule has 0 atom stereocenters. The third-order valence-corrected chi connectivity index (χ3v) is 8.40. The summed E-state index contributed by atoms with van der Waals surface area (Å²) >= 11 is 0. The van der Waals surface area contributed by atoms with Gasteiger partial charge in [0.2, 0.25) is 0 Å². The molecule has 2 bridgehead atoms. The quantitative estimate of drug-likeness (QED) is 0.613. The van der Waals surface area contributed by atoms with E-state index in [-0.39, 0.29) is 34.4 Å². The van der Waals surface area contributed by atoms with Crippen LogP contribution in [0.1, 0.15) is 54.6 Å². The van der Waals surface area contributed by atoms with E-state index < -0.39 is 9.84 Å². The summed E-state index contributed by atoms with van der Waals surface area (Å²) in [5.41, 5.74) is 1.18. The van der Waals surface area contributed by atoms with Gasteiger partial charge >= 0.3 is 0 Å². The molecule has 3 aliphatic rings. The summed E-state index contributed by atoms with van der Waals surface area (Å²) in [6.45, 7) is 1.83. The van der Waals surface area contributed by atoms with Crippen molar-refractivity contribution in [2.75, 3.05) is 12.0 Å². The number of halogens is 1. The highest BCUT2D eigenvalue weighted by molar-refractivity contribution is 7.90. The van der Waals surface area contributed by atoms with Gasteiger partial charge in [-0.15, -0.1) is 0 Å². The van der Waals surface area contributed by atoms with Crippen molar-refractivity contribution in [3.05, 3.63) is 47.7 Å². The zero-order valence-corrected chi connectivity index (χ0v) is 19.5. The van der Waals surface area contributed by atoms with Crippen LogP contribution in [0.5, 0.6) is 0 Å². The minimum Gasteiger partial charge on any atom is -0.347 e. The molecular formula is C23H26FN5O3S. The van der Waals surface area contributed by atoms with E-state index in [2.05, 4.69) is 20.4 Å². The number of aromatic nitrogens is 4. The summed E-state index contributed by atoms with van der Waals surface area (Å²) in [5.74, 6) is -0.134. The molecule has 6 rings (SSSR count). The smallest absolute Gasteiger partial charge is 0.254 e. The predicted octanol–water partition coefficient (Wildman–Crippen LogP) is 3.13. The number of benzene rings is 1. The van der Waals surface area contributed by atoms with Crippen molar-refractivity contribution in [3.8, 4) is 5.95 Å². The summed E-state index contributed by atoms with van der Waals surface area (Å²) < 4.78 is 38.9. The van der Waals surface area contributed by atoms with Crippen LogP contribution in [0.3, 0.4) is 0 Å². The molecule has 3 aliphatic carbocycles. The number of aryl methyl sites for hydroxylation is 1. The lowest BCUT2D eigenvalue weighted by atomic mass is 9.58. The fraction of sp³-hybridized carbons (Fsp3) is 0.478. The van der Waals surface area contributed by atoms with Crippen LogP contribution >= 0.6 is 0 Å². The highest BCUT2D eigenvalue weighted by atomic mass is 32.2. The topological polar surface area (TPSA) is 107 Å².